The first-order valence-electron chi connectivity index (χ1n) is 7.50. The van der Waals surface area contributed by atoms with Crippen molar-refractivity contribution in [3.05, 3.63) is 58.6 Å². The molecule has 0 radical (unpaired) electrons. The average molecular weight is 307 g/mol. The highest BCUT2D eigenvalue weighted by molar-refractivity contribution is 5.80. The number of nitrogens with zero attached hydrogens (tertiary/aromatic N) is 2. The fraction of sp³-hybridized carbons (Fsp3) is 0.222. The molecule has 0 saturated carbocycles. The fourth-order valence-electron chi connectivity index (χ4n) is 2.67. The second-order valence-electron chi connectivity index (χ2n) is 5.43. The van der Waals surface area contributed by atoms with Crippen LogP contribution in [0.2, 0.25) is 0 Å². The first-order chi connectivity index (χ1) is 11.1. The van der Waals surface area contributed by atoms with E-state index in [1.807, 2.05) is 55.5 Å². The lowest BCUT2D eigenvalue weighted by atomic mass is 10.0. The Hall–Kier alpha value is -2.84. The molecule has 1 unspecified atom stereocenters. The molecule has 3 rings (SSSR count). The Labute approximate surface area is 133 Å². The third-order valence-corrected chi connectivity index (χ3v) is 3.89. The normalized spacial score (nSPS) is 12.2. The molecule has 116 valence electrons. The van der Waals surface area contributed by atoms with E-state index in [0.717, 1.165) is 22.2 Å². The number of hydrogen-bond donors (Lipinski definition) is 1. The lowest BCUT2D eigenvalue weighted by Crippen LogP contribution is -2.19. The lowest BCUT2D eigenvalue weighted by molar-refractivity contribution is 0.513. The van der Waals surface area contributed by atoms with Crippen molar-refractivity contribution in [2.24, 2.45) is 5.73 Å². The zero-order valence-corrected chi connectivity index (χ0v) is 12.8. The Morgan fingerprint density at radius 2 is 1.91 bits per heavy atom. The van der Waals surface area contributed by atoms with Gasteiger partial charge in [0.05, 0.1) is 17.6 Å². The summed E-state index contributed by atoms with van der Waals surface area (Å²) in [5.41, 5.74) is 10.1. The van der Waals surface area contributed by atoms with Crippen LogP contribution < -0.4 is 11.5 Å². The number of oxazole rings is 1. The Kier molecular flexibility index (Phi) is 4.00. The first kappa shape index (κ1) is 15.1. The maximum absolute atomic E-state index is 11.8. The van der Waals surface area contributed by atoms with Gasteiger partial charge in [0.2, 0.25) is 0 Å². The molecule has 0 bridgehead atoms. The molecule has 1 heterocycles. The van der Waals surface area contributed by atoms with E-state index in [0.29, 0.717) is 18.5 Å². The number of benzene rings is 2. The topological polar surface area (TPSA) is 84.9 Å². The van der Waals surface area contributed by atoms with Gasteiger partial charge in [-0.05, 0) is 35.7 Å². The molecular formula is C18H17N3O2. The third-order valence-electron chi connectivity index (χ3n) is 3.89. The maximum Gasteiger partial charge on any atom is 0.419 e. The fourth-order valence-corrected chi connectivity index (χ4v) is 2.67. The summed E-state index contributed by atoms with van der Waals surface area (Å²) in [7, 11) is 0. The van der Waals surface area contributed by atoms with Crippen LogP contribution in [0.4, 0.5) is 0 Å². The molecule has 3 aromatic rings. The van der Waals surface area contributed by atoms with Gasteiger partial charge in [0.15, 0.2) is 5.58 Å². The van der Waals surface area contributed by atoms with Gasteiger partial charge in [-0.3, -0.25) is 4.57 Å². The standard InChI is InChI=1S/C18H17N3O2/c1-2-21-16-10-14(7-8-17(16)23-18(21)22)13-5-3-12(4-6-13)9-15(20)11-19/h3-8,10,15H,2,9,20H2,1H3. The van der Waals surface area contributed by atoms with E-state index in [-0.39, 0.29) is 5.76 Å². The minimum Gasteiger partial charge on any atom is -0.408 e. The van der Waals surface area contributed by atoms with E-state index in [4.69, 9.17) is 15.4 Å². The van der Waals surface area contributed by atoms with Crippen molar-refractivity contribution in [3.63, 3.8) is 0 Å². The number of nitrogens with two attached hydrogens (primary N) is 1. The smallest absolute Gasteiger partial charge is 0.408 e. The molecule has 0 aliphatic heterocycles. The molecule has 1 atom stereocenters. The molecule has 0 saturated heterocycles. The molecule has 1 aromatic heterocycles. The van der Waals surface area contributed by atoms with Gasteiger partial charge in [0.1, 0.15) is 0 Å². The molecular weight excluding hydrogens is 290 g/mol. The molecule has 5 nitrogen and oxygen atoms in total. The van der Waals surface area contributed by atoms with Crippen LogP contribution in [0.3, 0.4) is 0 Å². The predicted octanol–water partition coefficient (Wildman–Crippen LogP) is 2.67. The van der Waals surface area contributed by atoms with Crippen LogP contribution >= 0.6 is 0 Å². The van der Waals surface area contributed by atoms with Crippen molar-refractivity contribution in [1.82, 2.24) is 4.57 Å². The highest BCUT2D eigenvalue weighted by Gasteiger charge is 2.09. The Balaban J connectivity index is 1.97. The van der Waals surface area contributed by atoms with Crippen molar-refractivity contribution in [2.45, 2.75) is 25.9 Å². The van der Waals surface area contributed by atoms with Crippen LogP contribution in [-0.2, 0) is 13.0 Å². The average Bonchev–Trinajstić information content (AvgIpc) is 2.89. The van der Waals surface area contributed by atoms with Crippen molar-refractivity contribution in [1.29, 1.82) is 5.26 Å². The van der Waals surface area contributed by atoms with E-state index in [2.05, 4.69) is 0 Å². The summed E-state index contributed by atoms with van der Waals surface area (Å²) in [6.45, 7) is 2.48. The largest absolute Gasteiger partial charge is 0.419 e. The molecule has 2 N–H and O–H groups in total. The van der Waals surface area contributed by atoms with Gasteiger partial charge in [0, 0.05) is 13.0 Å². The molecule has 2 aromatic carbocycles. The van der Waals surface area contributed by atoms with Gasteiger partial charge in [-0.2, -0.15) is 5.26 Å². The van der Waals surface area contributed by atoms with Gasteiger partial charge < -0.3 is 10.2 Å². The SMILES string of the molecule is CCn1c(=O)oc2ccc(-c3ccc(CC(N)C#N)cc3)cc21. The molecule has 0 fully saturated rings. The highest BCUT2D eigenvalue weighted by Crippen LogP contribution is 2.24. The lowest BCUT2D eigenvalue weighted by Gasteiger charge is -2.06. The molecule has 0 aliphatic carbocycles. The molecule has 5 heteroatoms. The van der Waals surface area contributed by atoms with Crippen molar-refractivity contribution >= 4 is 11.1 Å². The van der Waals surface area contributed by atoms with Crippen LogP contribution in [0.25, 0.3) is 22.2 Å². The quantitative estimate of drug-likeness (QED) is 0.803. The zero-order valence-electron chi connectivity index (χ0n) is 12.8. The molecule has 23 heavy (non-hydrogen) atoms. The zero-order chi connectivity index (χ0) is 16.4. The van der Waals surface area contributed by atoms with Crippen LogP contribution in [0.15, 0.2) is 51.7 Å². The summed E-state index contributed by atoms with van der Waals surface area (Å²) in [5.74, 6) is -0.333. The summed E-state index contributed by atoms with van der Waals surface area (Å²) in [5, 5.41) is 8.77. The molecule has 0 spiro atoms. The number of hydrogen-bond acceptors (Lipinski definition) is 4. The third kappa shape index (κ3) is 2.89. The van der Waals surface area contributed by atoms with Crippen molar-refractivity contribution in [2.75, 3.05) is 0 Å². The van der Waals surface area contributed by atoms with Gasteiger partial charge in [-0.15, -0.1) is 0 Å². The maximum atomic E-state index is 11.8. The number of aromatic nitrogens is 1. The molecule has 0 amide bonds. The van der Waals surface area contributed by atoms with E-state index in [9.17, 15) is 4.79 Å². The second kappa shape index (κ2) is 6.11. The summed E-state index contributed by atoms with van der Waals surface area (Å²) < 4.78 is 6.83. The summed E-state index contributed by atoms with van der Waals surface area (Å²) >= 11 is 0. The number of rotatable bonds is 4. The second-order valence-corrected chi connectivity index (χ2v) is 5.43. The Morgan fingerprint density at radius 3 is 2.57 bits per heavy atom. The van der Waals surface area contributed by atoms with Crippen molar-refractivity contribution < 1.29 is 4.42 Å². The van der Waals surface area contributed by atoms with Gasteiger partial charge in [0.25, 0.3) is 0 Å². The first-order valence-corrected chi connectivity index (χ1v) is 7.50. The Bertz CT molecular complexity index is 930. The predicted molar refractivity (Wildman–Crippen MR) is 88.9 cm³/mol. The van der Waals surface area contributed by atoms with E-state index < -0.39 is 6.04 Å². The minimum atomic E-state index is -0.484. The van der Waals surface area contributed by atoms with E-state index in [1.54, 1.807) is 4.57 Å². The number of fused-ring (bicyclic) bond motifs is 1. The van der Waals surface area contributed by atoms with Crippen LogP contribution in [0.5, 0.6) is 0 Å². The summed E-state index contributed by atoms with van der Waals surface area (Å²) in [4.78, 5) is 11.8. The van der Waals surface area contributed by atoms with Gasteiger partial charge in [-0.25, -0.2) is 4.79 Å². The molecule has 0 aliphatic rings. The van der Waals surface area contributed by atoms with Crippen LogP contribution in [-0.4, -0.2) is 10.6 Å². The van der Waals surface area contributed by atoms with E-state index >= 15 is 0 Å². The number of nitriles is 1. The minimum absolute atomic E-state index is 0.333. The highest BCUT2D eigenvalue weighted by atomic mass is 16.4. The van der Waals surface area contributed by atoms with Crippen LogP contribution in [0, 0.1) is 11.3 Å². The van der Waals surface area contributed by atoms with Gasteiger partial charge in [-0.1, -0.05) is 30.3 Å². The van der Waals surface area contributed by atoms with Crippen LogP contribution in [0.1, 0.15) is 12.5 Å². The summed E-state index contributed by atoms with van der Waals surface area (Å²) in [6.07, 6.45) is 0.535. The Morgan fingerprint density at radius 1 is 1.22 bits per heavy atom. The van der Waals surface area contributed by atoms with Gasteiger partial charge >= 0.3 is 5.76 Å². The number of aryl methyl sites for hydroxylation is 1. The van der Waals surface area contributed by atoms with Crippen molar-refractivity contribution in [3.8, 4) is 17.2 Å². The summed E-state index contributed by atoms with van der Waals surface area (Å²) in [6, 6.07) is 15.2. The monoisotopic (exact) mass is 307 g/mol. The van der Waals surface area contributed by atoms with E-state index in [1.165, 1.54) is 0 Å².